The summed E-state index contributed by atoms with van der Waals surface area (Å²) >= 11 is 6.08. The van der Waals surface area contributed by atoms with Crippen LogP contribution in [0.3, 0.4) is 0 Å². The number of nitrogens with one attached hydrogen (secondary N) is 1. The number of rotatable bonds is 7. The minimum atomic E-state index is -0.294. The van der Waals surface area contributed by atoms with Gasteiger partial charge in [0, 0.05) is 23.7 Å². The predicted octanol–water partition coefficient (Wildman–Crippen LogP) is 3.86. The van der Waals surface area contributed by atoms with Gasteiger partial charge in [-0.2, -0.15) is 0 Å². The second kappa shape index (κ2) is 7.83. The van der Waals surface area contributed by atoms with Crippen LogP contribution in [-0.4, -0.2) is 30.6 Å². The monoisotopic (exact) mass is 286 g/mol. The summed E-state index contributed by atoms with van der Waals surface area (Å²) in [7, 11) is 0. The van der Waals surface area contributed by atoms with Gasteiger partial charge in [0.05, 0.1) is 0 Å². The van der Waals surface area contributed by atoms with Gasteiger partial charge in [0.2, 0.25) is 0 Å². The van der Waals surface area contributed by atoms with Crippen molar-refractivity contribution in [3.8, 4) is 0 Å². The van der Waals surface area contributed by atoms with Gasteiger partial charge in [0.15, 0.2) is 0 Å². The molecule has 2 atom stereocenters. The summed E-state index contributed by atoms with van der Waals surface area (Å²) in [4.78, 5) is 2.37. The maximum absolute atomic E-state index is 13.0. The third kappa shape index (κ3) is 5.09. The Hall–Kier alpha value is -0.640. The molecule has 0 heterocycles. The largest absolute Gasteiger partial charge is 0.306 e. The smallest absolute Gasteiger partial charge is 0.124 e. The van der Waals surface area contributed by atoms with Crippen LogP contribution in [0.25, 0.3) is 0 Å². The topological polar surface area (TPSA) is 15.3 Å². The Bertz CT molecular complexity index is 394. The number of hydrogen-bond donors (Lipinski definition) is 1. The van der Waals surface area contributed by atoms with E-state index >= 15 is 0 Å². The lowest BCUT2D eigenvalue weighted by atomic mass is 10.1. The van der Waals surface area contributed by atoms with E-state index in [0.717, 1.165) is 25.2 Å². The highest BCUT2D eigenvalue weighted by Gasteiger charge is 2.14. The predicted molar refractivity (Wildman–Crippen MR) is 80.2 cm³/mol. The average molecular weight is 287 g/mol. The Morgan fingerprint density at radius 2 is 1.89 bits per heavy atom. The first-order valence-electron chi connectivity index (χ1n) is 6.91. The Kier molecular flexibility index (Phi) is 6.76. The molecule has 0 aliphatic rings. The highest BCUT2D eigenvalue weighted by Crippen LogP contribution is 2.23. The number of nitrogens with zero attached hydrogens (tertiary/aromatic N) is 1. The third-order valence-electron chi connectivity index (χ3n) is 3.39. The Labute approximate surface area is 120 Å². The van der Waals surface area contributed by atoms with E-state index in [2.05, 4.69) is 37.9 Å². The minimum absolute atomic E-state index is 0.110. The first-order valence-corrected chi connectivity index (χ1v) is 7.29. The lowest BCUT2D eigenvalue weighted by molar-refractivity contribution is 0.264. The molecule has 0 aliphatic carbocycles. The number of halogens is 2. The van der Waals surface area contributed by atoms with E-state index in [4.69, 9.17) is 11.6 Å². The van der Waals surface area contributed by atoms with E-state index in [1.54, 1.807) is 6.07 Å². The quantitative estimate of drug-likeness (QED) is 0.819. The van der Waals surface area contributed by atoms with Crippen molar-refractivity contribution in [2.75, 3.05) is 19.6 Å². The van der Waals surface area contributed by atoms with E-state index in [0.29, 0.717) is 11.1 Å². The fourth-order valence-electron chi connectivity index (χ4n) is 2.29. The number of likely N-dealkylation sites (N-methyl/N-ethyl adjacent to an activating group) is 1. The van der Waals surface area contributed by atoms with Gasteiger partial charge >= 0.3 is 0 Å². The second-order valence-corrected chi connectivity index (χ2v) is 5.35. The van der Waals surface area contributed by atoms with E-state index in [-0.39, 0.29) is 11.9 Å². The molecule has 1 N–H and O–H groups in total. The molecule has 0 aromatic heterocycles. The van der Waals surface area contributed by atoms with Crippen LogP contribution < -0.4 is 5.32 Å². The van der Waals surface area contributed by atoms with Crippen LogP contribution in [0, 0.1) is 5.82 Å². The van der Waals surface area contributed by atoms with Gasteiger partial charge in [0.25, 0.3) is 0 Å². The molecule has 0 spiro atoms. The SMILES string of the molecule is CCN(CC)CC(C)NC(C)c1ccc(F)cc1Cl. The standard InChI is InChI=1S/C15H24ClFN2/c1-5-19(6-2)10-11(3)18-12(4)14-8-7-13(17)9-15(14)16/h7-9,11-12,18H,5-6,10H2,1-4H3. The first-order chi connectivity index (χ1) is 8.97. The molecule has 0 amide bonds. The van der Waals surface area contributed by atoms with Crippen molar-refractivity contribution in [2.24, 2.45) is 0 Å². The van der Waals surface area contributed by atoms with Crippen LogP contribution in [0.4, 0.5) is 4.39 Å². The van der Waals surface area contributed by atoms with Crippen molar-refractivity contribution >= 4 is 11.6 Å². The van der Waals surface area contributed by atoms with Gasteiger partial charge in [-0.1, -0.05) is 31.5 Å². The zero-order valence-electron chi connectivity index (χ0n) is 12.2. The average Bonchev–Trinajstić information content (AvgIpc) is 2.35. The van der Waals surface area contributed by atoms with Crippen molar-refractivity contribution in [3.63, 3.8) is 0 Å². The van der Waals surface area contributed by atoms with Gasteiger partial charge in [-0.25, -0.2) is 4.39 Å². The van der Waals surface area contributed by atoms with Crippen LogP contribution in [-0.2, 0) is 0 Å². The van der Waals surface area contributed by atoms with Crippen LogP contribution in [0.2, 0.25) is 5.02 Å². The molecule has 108 valence electrons. The minimum Gasteiger partial charge on any atom is -0.306 e. The maximum atomic E-state index is 13.0. The Morgan fingerprint density at radius 3 is 2.42 bits per heavy atom. The zero-order chi connectivity index (χ0) is 14.4. The van der Waals surface area contributed by atoms with Crippen LogP contribution in [0.5, 0.6) is 0 Å². The van der Waals surface area contributed by atoms with Crippen molar-refractivity contribution in [1.29, 1.82) is 0 Å². The molecule has 0 aliphatic heterocycles. The summed E-state index contributed by atoms with van der Waals surface area (Å²) in [5, 5.41) is 3.99. The first kappa shape index (κ1) is 16.4. The third-order valence-corrected chi connectivity index (χ3v) is 3.72. The molecular weight excluding hydrogens is 263 g/mol. The molecule has 2 nitrogen and oxygen atoms in total. The summed E-state index contributed by atoms with van der Waals surface area (Å²) in [6.07, 6.45) is 0. The summed E-state index contributed by atoms with van der Waals surface area (Å²) in [6.45, 7) is 11.6. The van der Waals surface area contributed by atoms with Crippen LogP contribution in [0.15, 0.2) is 18.2 Å². The van der Waals surface area contributed by atoms with E-state index in [9.17, 15) is 4.39 Å². The van der Waals surface area contributed by atoms with Crippen molar-refractivity contribution in [3.05, 3.63) is 34.6 Å². The lowest BCUT2D eigenvalue weighted by Crippen LogP contribution is -2.40. The van der Waals surface area contributed by atoms with Gasteiger partial charge in [-0.15, -0.1) is 0 Å². The van der Waals surface area contributed by atoms with Crippen molar-refractivity contribution < 1.29 is 4.39 Å². The van der Waals surface area contributed by atoms with Gasteiger partial charge in [-0.05, 0) is 44.6 Å². The molecule has 1 rings (SSSR count). The molecule has 4 heteroatoms. The van der Waals surface area contributed by atoms with Crippen molar-refractivity contribution in [1.82, 2.24) is 10.2 Å². The van der Waals surface area contributed by atoms with Gasteiger partial charge in [-0.3, -0.25) is 0 Å². The fourth-order valence-corrected chi connectivity index (χ4v) is 2.62. The summed E-state index contributed by atoms with van der Waals surface area (Å²) < 4.78 is 13.0. The van der Waals surface area contributed by atoms with E-state index < -0.39 is 0 Å². The number of benzene rings is 1. The molecule has 0 saturated heterocycles. The van der Waals surface area contributed by atoms with E-state index in [1.165, 1.54) is 12.1 Å². The molecule has 2 unspecified atom stereocenters. The molecule has 0 fully saturated rings. The van der Waals surface area contributed by atoms with Crippen LogP contribution >= 0.6 is 11.6 Å². The molecule has 0 saturated carbocycles. The van der Waals surface area contributed by atoms with Crippen LogP contribution in [0.1, 0.15) is 39.3 Å². The van der Waals surface area contributed by atoms with Gasteiger partial charge < -0.3 is 10.2 Å². The van der Waals surface area contributed by atoms with Gasteiger partial charge in [0.1, 0.15) is 5.82 Å². The van der Waals surface area contributed by atoms with E-state index in [1.807, 2.05) is 0 Å². The molecule has 0 bridgehead atoms. The highest BCUT2D eigenvalue weighted by molar-refractivity contribution is 6.31. The molecule has 19 heavy (non-hydrogen) atoms. The maximum Gasteiger partial charge on any atom is 0.124 e. The second-order valence-electron chi connectivity index (χ2n) is 4.94. The number of hydrogen-bond acceptors (Lipinski definition) is 2. The summed E-state index contributed by atoms with van der Waals surface area (Å²) in [5.41, 5.74) is 0.939. The fraction of sp³-hybridized carbons (Fsp3) is 0.600. The molecule has 1 aromatic rings. The van der Waals surface area contributed by atoms with Crippen molar-refractivity contribution in [2.45, 2.75) is 39.8 Å². The molecule has 0 radical (unpaired) electrons. The lowest BCUT2D eigenvalue weighted by Gasteiger charge is -2.26. The Balaban J connectivity index is 2.61. The molecule has 1 aromatic carbocycles. The summed E-state index contributed by atoms with van der Waals surface area (Å²) in [5.74, 6) is -0.294. The molecular formula is C15H24ClFN2. The highest BCUT2D eigenvalue weighted by atomic mass is 35.5. The normalized spacial score (nSPS) is 14.7. The Morgan fingerprint density at radius 1 is 1.26 bits per heavy atom. The zero-order valence-corrected chi connectivity index (χ0v) is 13.0. The summed E-state index contributed by atoms with van der Waals surface area (Å²) in [6, 6.07) is 5.03.